The van der Waals surface area contributed by atoms with Gasteiger partial charge >= 0.3 is 5.97 Å². The molecular formula is C13H12N2O3S. The van der Waals surface area contributed by atoms with Crippen molar-refractivity contribution in [1.29, 1.82) is 0 Å². The van der Waals surface area contributed by atoms with Gasteiger partial charge in [-0.15, -0.1) is 0 Å². The van der Waals surface area contributed by atoms with Crippen molar-refractivity contribution < 1.29 is 14.6 Å². The maximum absolute atomic E-state index is 11.2. The molecule has 2 rings (SSSR count). The number of para-hydroxylation sites is 2. The average Bonchev–Trinajstić information content (AvgIpc) is 2.39. The van der Waals surface area contributed by atoms with Gasteiger partial charge in [-0.05, 0) is 31.3 Å². The van der Waals surface area contributed by atoms with Gasteiger partial charge in [0.1, 0.15) is 5.75 Å². The van der Waals surface area contributed by atoms with Crippen molar-refractivity contribution in [2.45, 2.75) is 6.92 Å². The molecule has 0 spiro atoms. The van der Waals surface area contributed by atoms with Crippen molar-refractivity contribution in [3.63, 3.8) is 0 Å². The van der Waals surface area contributed by atoms with E-state index in [1.165, 1.54) is 6.20 Å². The van der Waals surface area contributed by atoms with Crippen LogP contribution in [0.15, 0.2) is 30.5 Å². The van der Waals surface area contributed by atoms with Crippen LogP contribution in [0.2, 0.25) is 0 Å². The summed E-state index contributed by atoms with van der Waals surface area (Å²) in [7, 11) is 1.55. The van der Waals surface area contributed by atoms with Gasteiger partial charge in [-0.2, -0.15) is 0 Å². The summed E-state index contributed by atoms with van der Waals surface area (Å²) in [4.78, 5) is 15.1. The Morgan fingerprint density at radius 3 is 2.74 bits per heavy atom. The Bertz CT molecular complexity index is 695. The van der Waals surface area contributed by atoms with Crippen LogP contribution in [0, 0.1) is 11.7 Å². The Labute approximate surface area is 115 Å². The molecule has 0 saturated carbocycles. The number of aromatic nitrogens is 2. The molecule has 0 bridgehead atoms. The van der Waals surface area contributed by atoms with E-state index in [9.17, 15) is 4.79 Å². The molecule has 0 unspecified atom stereocenters. The second kappa shape index (κ2) is 5.19. The summed E-state index contributed by atoms with van der Waals surface area (Å²) in [6.45, 7) is 1.69. The fourth-order valence-corrected chi connectivity index (χ4v) is 2.13. The van der Waals surface area contributed by atoms with Crippen molar-refractivity contribution in [3.8, 4) is 11.4 Å². The van der Waals surface area contributed by atoms with Crippen molar-refractivity contribution in [3.05, 3.63) is 46.5 Å². The molecule has 1 heterocycles. The van der Waals surface area contributed by atoms with Crippen molar-refractivity contribution in [2.75, 3.05) is 7.11 Å². The van der Waals surface area contributed by atoms with E-state index in [4.69, 9.17) is 22.1 Å². The first-order valence-corrected chi connectivity index (χ1v) is 5.92. The molecule has 5 nitrogen and oxygen atoms in total. The van der Waals surface area contributed by atoms with Gasteiger partial charge < -0.3 is 9.84 Å². The standard InChI is InChI=1S/C13H12N2O3S/c1-8-9(12(16)17)7-14-13(19)15(8)10-5-3-4-6-11(10)18-2/h3-7H,1-2H3,(H,16,17). The lowest BCUT2D eigenvalue weighted by Crippen LogP contribution is -2.11. The zero-order chi connectivity index (χ0) is 14.0. The number of aromatic carboxylic acids is 1. The van der Waals surface area contributed by atoms with Crippen LogP contribution in [-0.4, -0.2) is 27.7 Å². The van der Waals surface area contributed by atoms with Gasteiger partial charge in [-0.1, -0.05) is 12.1 Å². The van der Waals surface area contributed by atoms with Crippen LogP contribution in [0.4, 0.5) is 0 Å². The average molecular weight is 276 g/mol. The maximum Gasteiger partial charge on any atom is 0.339 e. The van der Waals surface area contributed by atoms with Crippen LogP contribution in [-0.2, 0) is 0 Å². The summed E-state index contributed by atoms with van der Waals surface area (Å²) in [5, 5.41) is 9.14. The highest BCUT2D eigenvalue weighted by Gasteiger charge is 2.14. The normalized spacial score (nSPS) is 10.2. The maximum atomic E-state index is 11.2. The van der Waals surface area contributed by atoms with Gasteiger partial charge in [0.05, 0.1) is 18.4 Å². The van der Waals surface area contributed by atoms with E-state index in [2.05, 4.69) is 4.98 Å². The molecule has 0 aliphatic rings. The Kier molecular flexibility index (Phi) is 3.62. The van der Waals surface area contributed by atoms with Crippen LogP contribution >= 0.6 is 12.2 Å². The fraction of sp³-hybridized carbons (Fsp3) is 0.154. The number of hydrogen-bond acceptors (Lipinski definition) is 4. The van der Waals surface area contributed by atoms with E-state index in [0.29, 0.717) is 17.1 Å². The molecule has 0 radical (unpaired) electrons. The summed E-state index contributed by atoms with van der Waals surface area (Å²) in [5.74, 6) is -0.435. The van der Waals surface area contributed by atoms with Crippen molar-refractivity contribution >= 4 is 18.2 Å². The summed E-state index contributed by atoms with van der Waals surface area (Å²) in [6, 6.07) is 7.24. The Hall–Kier alpha value is -2.21. The van der Waals surface area contributed by atoms with Gasteiger partial charge in [0.25, 0.3) is 0 Å². The first-order chi connectivity index (χ1) is 9.06. The van der Waals surface area contributed by atoms with Gasteiger partial charge in [0.15, 0.2) is 0 Å². The molecule has 0 atom stereocenters. The third-order valence-corrected chi connectivity index (χ3v) is 3.07. The Morgan fingerprint density at radius 1 is 1.42 bits per heavy atom. The van der Waals surface area contributed by atoms with Crippen LogP contribution in [0.5, 0.6) is 5.75 Å². The number of ether oxygens (including phenoxy) is 1. The summed E-state index contributed by atoms with van der Waals surface area (Å²) >= 11 is 5.18. The largest absolute Gasteiger partial charge is 0.495 e. The predicted molar refractivity (Wildman–Crippen MR) is 72.6 cm³/mol. The van der Waals surface area contributed by atoms with E-state index in [1.54, 1.807) is 30.7 Å². The number of hydrogen-bond donors (Lipinski definition) is 1. The van der Waals surface area contributed by atoms with Gasteiger partial charge in [0, 0.05) is 11.9 Å². The van der Waals surface area contributed by atoms with E-state index in [0.717, 1.165) is 0 Å². The third-order valence-electron chi connectivity index (χ3n) is 2.78. The van der Waals surface area contributed by atoms with Crippen LogP contribution in [0.3, 0.4) is 0 Å². The molecule has 0 fully saturated rings. The predicted octanol–water partition coefficient (Wildman–Crippen LogP) is 2.62. The lowest BCUT2D eigenvalue weighted by Gasteiger charge is -2.15. The zero-order valence-corrected chi connectivity index (χ0v) is 11.3. The zero-order valence-electron chi connectivity index (χ0n) is 10.5. The minimum atomic E-state index is -1.04. The molecule has 0 aliphatic heterocycles. The first-order valence-electron chi connectivity index (χ1n) is 5.51. The molecule has 1 aromatic carbocycles. The summed E-state index contributed by atoms with van der Waals surface area (Å²) < 4.78 is 7.15. The van der Waals surface area contributed by atoms with E-state index in [-0.39, 0.29) is 10.3 Å². The number of benzene rings is 1. The third kappa shape index (κ3) is 2.34. The molecular weight excluding hydrogens is 264 g/mol. The molecule has 0 saturated heterocycles. The topological polar surface area (TPSA) is 64.3 Å². The highest BCUT2D eigenvalue weighted by atomic mass is 32.1. The van der Waals surface area contributed by atoms with Gasteiger partial charge in [-0.25, -0.2) is 9.78 Å². The number of rotatable bonds is 3. The monoisotopic (exact) mass is 276 g/mol. The molecule has 19 heavy (non-hydrogen) atoms. The SMILES string of the molecule is COc1ccccc1-n1c(C)c(C(=O)O)cnc1=S. The van der Waals surface area contributed by atoms with Gasteiger partial charge in [0.2, 0.25) is 4.77 Å². The van der Waals surface area contributed by atoms with Gasteiger partial charge in [-0.3, -0.25) is 4.57 Å². The van der Waals surface area contributed by atoms with E-state index < -0.39 is 5.97 Å². The molecule has 0 amide bonds. The highest BCUT2D eigenvalue weighted by molar-refractivity contribution is 7.71. The number of nitrogens with zero attached hydrogens (tertiary/aromatic N) is 2. The Balaban J connectivity index is 2.78. The van der Waals surface area contributed by atoms with Crippen LogP contribution in [0.25, 0.3) is 5.69 Å². The molecule has 2 aromatic rings. The second-order valence-electron chi connectivity index (χ2n) is 3.85. The first kappa shape index (κ1) is 13.2. The number of carbonyl (C=O) groups is 1. The van der Waals surface area contributed by atoms with Crippen molar-refractivity contribution in [1.82, 2.24) is 9.55 Å². The number of methoxy groups -OCH3 is 1. The highest BCUT2D eigenvalue weighted by Crippen LogP contribution is 2.24. The van der Waals surface area contributed by atoms with Crippen molar-refractivity contribution in [2.24, 2.45) is 0 Å². The summed E-state index contributed by atoms with van der Waals surface area (Å²) in [5.41, 5.74) is 1.29. The molecule has 98 valence electrons. The quantitative estimate of drug-likeness (QED) is 0.873. The smallest absolute Gasteiger partial charge is 0.339 e. The minimum absolute atomic E-state index is 0.111. The minimum Gasteiger partial charge on any atom is -0.495 e. The van der Waals surface area contributed by atoms with Crippen LogP contribution in [0.1, 0.15) is 16.1 Å². The molecule has 0 aliphatic carbocycles. The summed E-state index contributed by atoms with van der Waals surface area (Å²) in [6.07, 6.45) is 1.27. The molecule has 1 N–H and O–H groups in total. The molecule has 1 aromatic heterocycles. The Morgan fingerprint density at radius 2 is 2.11 bits per heavy atom. The molecule has 6 heteroatoms. The van der Waals surface area contributed by atoms with Crippen LogP contribution < -0.4 is 4.74 Å². The van der Waals surface area contributed by atoms with E-state index in [1.807, 2.05) is 12.1 Å². The van der Waals surface area contributed by atoms with E-state index >= 15 is 0 Å². The number of carboxylic acid groups (broad SMARTS) is 1. The lowest BCUT2D eigenvalue weighted by molar-refractivity contribution is 0.0694. The fourth-order valence-electron chi connectivity index (χ4n) is 1.84. The number of carboxylic acids is 1. The second-order valence-corrected chi connectivity index (χ2v) is 4.22. The lowest BCUT2D eigenvalue weighted by atomic mass is 10.2.